The molecule has 0 unspecified atom stereocenters. The first-order valence-electron chi connectivity index (χ1n) is 14.6. The fraction of sp³-hybridized carbons (Fsp3) is 0.303. The summed E-state index contributed by atoms with van der Waals surface area (Å²) in [5, 5.41) is 20.6. The molecule has 0 saturated heterocycles. The maximum atomic E-state index is 12.5. The third-order valence-electron chi connectivity index (χ3n) is 6.68. The minimum Gasteiger partial charge on any atom is -0.490 e. The van der Waals surface area contributed by atoms with Crippen LogP contribution in [0.3, 0.4) is 0 Å². The largest absolute Gasteiger partial charge is 0.490 e. The second kappa shape index (κ2) is 16.4. The maximum Gasteiger partial charge on any atom is 0.337 e. The standard InChI is InChI=1S/C33H37ClN4O8/c1-5-43-27-15-22(9-13-25(27)45-18-21-7-11-24(34)12-8-21)17-35-38-29(39)19-46-26-14-10-23(16-28(26)44-6-2)31-30(32(40)42-4)20(3)36-33(41)37-31/h7-17,29,31,38-39H,5-6,18-19H2,1-4H3,(H2,36,37,41)/b35-17-/t29-,31+/m0/s1. The van der Waals surface area contributed by atoms with Crippen molar-refractivity contribution < 1.29 is 38.4 Å². The lowest BCUT2D eigenvalue weighted by Crippen LogP contribution is -2.45. The highest BCUT2D eigenvalue weighted by molar-refractivity contribution is 6.30. The Labute approximate surface area is 272 Å². The number of amides is 2. The van der Waals surface area contributed by atoms with Crippen molar-refractivity contribution in [1.82, 2.24) is 16.1 Å². The number of methoxy groups -OCH3 is 1. The Morgan fingerprint density at radius 1 is 0.978 bits per heavy atom. The van der Waals surface area contributed by atoms with Gasteiger partial charge in [-0.3, -0.25) is 5.43 Å². The van der Waals surface area contributed by atoms with E-state index in [-0.39, 0.29) is 12.2 Å². The average molecular weight is 653 g/mol. The number of allylic oxidation sites excluding steroid dienone is 1. The van der Waals surface area contributed by atoms with Gasteiger partial charge in [-0.1, -0.05) is 29.8 Å². The summed E-state index contributed by atoms with van der Waals surface area (Å²) < 4.78 is 28.2. The Bertz CT molecular complexity index is 1580. The van der Waals surface area contributed by atoms with E-state index in [9.17, 15) is 14.7 Å². The summed E-state index contributed by atoms with van der Waals surface area (Å²) in [6.45, 7) is 6.30. The number of hydrazone groups is 1. The van der Waals surface area contributed by atoms with Gasteiger partial charge in [0.25, 0.3) is 0 Å². The topological polar surface area (TPSA) is 149 Å². The molecule has 0 spiro atoms. The molecule has 3 aromatic rings. The molecule has 0 saturated carbocycles. The molecule has 3 aromatic carbocycles. The molecule has 0 fully saturated rings. The number of hydrogen-bond donors (Lipinski definition) is 4. The van der Waals surface area contributed by atoms with Crippen LogP contribution in [0.15, 0.2) is 77.0 Å². The first-order chi connectivity index (χ1) is 22.2. The van der Waals surface area contributed by atoms with Gasteiger partial charge >= 0.3 is 12.0 Å². The molecule has 2 amide bonds. The number of nitrogens with one attached hydrogen (secondary N) is 3. The minimum atomic E-state index is -1.15. The van der Waals surface area contributed by atoms with Crippen LogP contribution >= 0.6 is 11.6 Å². The summed E-state index contributed by atoms with van der Waals surface area (Å²) in [5.41, 5.74) is 5.56. The van der Waals surface area contributed by atoms with E-state index in [4.69, 9.17) is 35.3 Å². The molecule has 4 N–H and O–H groups in total. The molecule has 4 rings (SSSR count). The summed E-state index contributed by atoms with van der Waals surface area (Å²) in [5.74, 6) is 1.29. The molecule has 244 valence electrons. The van der Waals surface area contributed by atoms with Crippen molar-refractivity contribution in [3.63, 3.8) is 0 Å². The van der Waals surface area contributed by atoms with Crippen molar-refractivity contribution in [3.05, 3.63) is 93.6 Å². The van der Waals surface area contributed by atoms with E-state index in [1.54, 1.807) is 37.3 Å². The van der Waals surface area contributed by atoms with Crippen LogP contribution in [0.4, 0.5) is 4.79 Å². The highest BCUT2D eigenvalue weighted by Gasteiger charge is 2.32. The summed E-state index contributed by atoms with van der Waals surface area (Å²) in [4.78, 5) is 24.6. The van der Waals surface area contributed by atoms with Gasteiger partial charge in [-0.2, -0.15) is 5.10 Å². The van der Waals surface area contributed by atoms with Crippen molar-refractivity contribution in [3.8, 4) is 23.0 Å². The summed E-state index contributed by atoms with van der Waals surface area (Å²) in [6, 6.07) is 16.6. The van der Waals surface area contributed by atoms with Gasteiger partial charge in [-0.05, 0) is 79.9 Å². The van der Waals surface area contributed by atoms with Gasteiger partial charge in [0, 0.05) is 10.7 Å². The molecular formula is C33H37ClN4O8. The lowest BCUT2D eigenvalue weighted by Gasteiger charge is -2.28. The zero-order chi connectivity index (χ0) is 33.1. The number of nitrogens with zero attached hydrogens (tertiary/aromatic N) is 1. The van der Waals surface area contributed by atoms with Crippen LogP contribution in [0.25, 0.3) is 0 Å². The molecule has 0 radical (unpaired) electrons. The Hall–Kier alpha value is -4.94. The molecule has 1 aliphatic rings. The number of ether oxygens (including phenoxy) is 5. The van der Waals surface area contributed by atoms with E-state index < -0.39 is 24.3 Å². The molecule has 1 aliphatic heterocycles. The molecule has 13 heteroatoms. The number of carbonyl (C=O) groups is 2. The number of aliphatic hydroxyl groups is 1. The van der Waals surface area contributed by atoms with Gasteiger partial charge in [0.1, 0.15) is 13.2 Å². The maximum absolute atomic E-state index is 12.5. The number of rotatable bonds is 15. The van der Waals surface area contributed by atoms with E-state index >= 15 is 0 Å². The molecule has 0 aromatic heterocycles. The SMILES string of the molecule is CCOc1cc(/C=N\N[C@@H](O)COc2ccc([C@H]3NC(=O)NC(C)=C3C(=O)OC)cc2OCC)ccc1OCc1ccc(Cl)cc1. The fourth-order valence-corrected chi connectivity index (χ4v) is 4.68. The highest BCUT2D eigenvalue weighted by Crippen LogP contribution is 2.35. The van der Waals surface area contributed by atoms with Crippen molar-refractivity contribution in [2.24, 2.45) is 5.10 Å². The van der Waals surface area contributed by atoms with Crippen LogP contribution in [-0.2, 0) is 16.1 Å². The van der Waals surface area contributed by atoms with Crippen molar-refractivity contribution in [2.45, 2.75) is 39.6 Å². The molecule has 0 bridgehead atoms. The molecular weight excluding hydrogens is 616 g/mol. The summed E-state index contributed by atoms with van der Waals surface area (Å²) in [6.07, 6.45) is 0.385. The Morgan fingerprint density at radius 2 is 1.65 bits per heavy atom. The van der Waals surface area contributed by atoms with E-state index in [0.717, 1.165) is 11.1 Å². The first kappa shape index (κ1) is 33.9. The molecule has 0 aliphatic carbocycles. The lowest BCUT2D eigenvalue weighted by atomic mass is 9.95. The smallest absolute Gasteiger partial charge is 0.337 e. The second-order valence-electron chi connectivity index (χ2n) is 9.97. The fourth-order valence-electron chi connectivity index (χ4n) is 4.55. The highest BCUT2D eigenvalue weighted by atomic mass is 35.5. The van der Waals surface area contributed by atoms with Gasteiger partial charge in [-0.15, -0.1) is 0 Å². The van der Waals surface area contributed by atoms with Gasteiger partial charge < -0.3 is 39.4 Å². The Balaban J connectivity index is 1.37. The van der Waals surface area contributed by atoms with E-state index in [2.05, 4.69) is 21.2 Å². The Kier molecular flexibility index (Phi) is 12.1. The van der Waals surface area contributed by atoms with Crippen molar-refractivity contribution in [1.29, 1.82) is 0 Å². The molecule has 12 nitrogen and oxygen atoms in total. The van der Waals surface area contributed by atoms with E-state index in [1.807, 2.05) is 44.2 Å². The number of urea groups is 1. The number of carbonyl (C=O) groups excluding carboxylic acids is 2. The number of hydrogen-bond acceptors (Lipinski definition) is 10. The van der Waals surface area contributed by atoms with Gasteiger partial charge in [0.2, 0.25) is 0 Å². The lowest BCUT2D eigenvalue weighted by molar-refractivity contribution is -0.136. The van der Waals surface area contributed by atoms with Crippen LogP contribution in [-0.4, -0.2) is 56.5 Å². The first-order valence-corrected chi connectivity index (χ1v) is 15.0. The van der Waals surface area contributed by atoms with Gasteiger partial charge in [0.05, 0.1) is 38.2 Å². The Morgan fingerprint density at radius 3 is 2.35 bits per heavy atom. The summed E-state index contributed by atoms with van der Waals surface area (Å²) >= 11 is 5.96. The monoisotopic (exact) mass is 652 g/mol. The normalized spacial score (nSPS) is 15.1. The van der Waals surface area contributed by atoms with Gasteiger partial charge in [0.15, 0.2) is 29.2 Å². The number of halogens is 1. The van der Waals surface area contributed by atoms with Crippen molar-refractivity contribution in [2.75, 3.05) is 26.9 Å². The quantitative estimate of drug-likeness (QED) is 0.0783. The van der Waals surface area contributed by atoms with Gasteiger partial charge in [-0.25, -0.2) is 9.59 Å². The number of benzene rings is 3. The van der Waals surface area contributed by atoms with Crippen LogP contribution < -0.4 is 35.0 Å². The third-order valence-corrected chi connectivity index (χ3v) is 6.94. The van der Waals surface area contributed by atoms with Crippen LogP contribution in [0.2, 0.25) is 5.02 Å². The van der Waals surface area contributed by atoms with Crippen LogP contribution in [0.5, 0.6) is 23.0 Å². The third kappa shape index (κ3) is 9.05. The molecule has 46 heavy (non-hydrogen) atoms. The van der Waals surface area contributed by atoms with E-state index in [1.165, 1.54) is 13.3 Å². The zero-order valence-corrected chi connectivity index (χ0v) is 26.7. The summed E-state index contributed by atoms with van der Waals surface area (Å²) in [7, 11) is 1.27. The van der Waals surface area contributed by atoms with Crippen LogP contribution in [0.1, 0.15) is 43.5 Å². The van der Waals surface area contributed by atoms with E-state index in [0.29, 0.717) is 59.1 Å². The predicted octanol–water partition coefficient (Wildman–Crippen LogP) is 4.84. The predicted molar refractivity (Wildman–Crippen MR) is 172 cm³/mol. The van der Waals surface area contributed by atoms with Crippen LogP contribution in [0, 0.1) is 0 Å². The number of aliphatic hydroxyl groups excluding tert-OH is 1. The average Bonchev–Trinajstić information content (AvgIpc) is 3.04. The number of esters is 1. The van der Waals surface area contributed by atoms with Crippen molar-refractivity contribution >= 4 is 29.8 Å². The molecule has 1 heterocycles. The molecule has 2 atom stereocenters. The minimum absolute atomic E-state index is 0.158. The zero-order valence-electron chi connectivity index (χ0n) is 26.0. The second-order valence-corrected chi connectivity index (χ2v) is 10.4.